The molecule has 0 bridgehead atoms. The third-order valence-electron chi connectivity index (χ3n) is 5.59. The number of hydrogen-bond donors (Lipinski definition) is 1. The smallest absolute Gasteiger partial charge is 0.243 e. The molecule has 2 aromatic carbocycles. The summed E-state index contributed by atoms with van der Waals surface area (Å²) < 4.78 is 52.2. The van der Waals surface area contributed by atoms with E-state index in [0.29, 0.717) is 0 Å². The first-order valence-corrected chi connectivity index (χ1v) is 12.5. The summed E-state index contributed by atoms with van der Waals surface area (Å²) >= 11 is 0. The van der Waals surface area contributed by atoms with Crippen molar-refractivity contribution in [2.75, 3.05) is 23.7 Å². The zero-order chi connectivity index (χ0) is 23.3. The van der Waals surface area contributed by atoms with Gasteiger partial charge in [0.2, 0.25) is 15.9 Å². The van der Waals surface area contributed by atoms with Crippen molar-refractivity contribution in [2.45, 2.75) is 45.3 Å². The molecule has 1 saturated heterocycles. The summed E-state index contributed by atoms with van der Waals surface area (Å²) in [6.45, 7) is 4.76. The van der Waals surface area contributed by atoms with Gasteiger partial charge >= 0.3 is 0 Å². The van der Waals surface area contributed by atoms with Crippen molar-refractivity contribution in [3.63, 3.8) is 0 Å². The van der Waals surface area contributed by atoms with Gasteiger partial charge < -0.3 is 5.32 Å². The average Bonchev–Trinajstić information content (AvgIpc) is 2.75. The Labute approximate surface area is 188 Å². The van der Waals surface area contributed by atoms with E-state index in [9.17, 15) is 22.0 Å². The van der Waals surface area contributed by atoms with Crippen LogP contribution in [-0.4, -0.2) is 44.6 Å². The predicted molar refractivity (Wildman–Crippen MR) is 121 cm³/mol. The summed E-state index contributed by atoms with van der Waals surface area (Å²) in [6, 6.07) is 9.52. The van der Waals surface area contributed by atoms with Crippen LogP contribution in [0.15, 0.2) is 42.5 Å². The molecule has 6 nitrogen and oxygen atoms in total. The lowest BCUT2D eigenvalue weighted by atomic mass is 10.1. The van der Waals surface area contributed by atoms with E-state index >= 15 is 0 Å². The number of carbonyl (C=O) groups excluding carboxylic acids is 1. The fourth-order valence-electron chi connectivity index (χ4n) is 3.91. The normalized spacial score (nSPS) is 15.9. The van der Waals surface area contributed by atoms with E-state index in [-0.39, 0.29) is 12.2 Å². The Bertz CT molecular complexity index is 1040. The van der Waals surface area contributed by atoms with Crippen LogP contribution in [0.2, 0.25) is 0 Å². The van der Waals surface area contributed by atoms with Crippen molar-refractivity contribution in [3.05, 3.63) is 65.2 Å². The largest absolute Gasteiger partial charge is 0.350 e. The molecule has 174 valence electrons. The minimum absolute atomic E-state index is 0.115. The first-order chi connectivity index (χ1) is 15.1. The molecule has 9 heteroatoms. The third-order valence-corrected chi connectivity index (χ3v) is 6.83. The van der Waals surface area contributed by atoms with E-state index in [1.165, 1.54) is 31.7 Å². The highest BCUT2D eigenvalue weighted by molar-refractivity contribution is 7.92. The average molecular weight is 466 g/mol. The van der Waals surface area contributed by atoms with Crippen molar-refractivity contribution < 1.29 is 22.0 Å². The Morgan fingerprint density at radius 2 is 1.66 bits per heavy atom. The predicted octanol–water partition coefficient (Wildman–Crippen LogP) is 3.42. The van der Waals surface area contributed by atoms with E-state index in [1.54, 1.807) is 0 Å². The van der Waals surface area contributed by atoms with Crippen LogP contribution >= 0.6 is 0 Å². The summed E-state index contributed by atoms with van der Waals surface area (Å²) in [5.74, 6) is -2.83. The third kappa shape index (κ3) is 6.26. The second-order valence-corrected chi connectivity index (χ2v) is 10.1. The molecule has 1 aliphatic heterocycles. The number of rotatable bonds is 8. The van der Waals surface area contributed by atoms with Gasteiger partial charge in [-0.15, -0.1) is 0 Å². The maximum atomic E-state index is 13.6. The molecule has 1 N–H and O–H groups in total. The quantitative estimate of drug-likeness (QED) is 0.649. The Kier molecular flexibility index (Phi) is 7.84. The number of amides is 1. The summed E-state index contributed by atoms with van der Waals surface area (Å²) in [5.41, 5.74) is 1.97. The summed E-state index contributed by atoms with van der Waals surface area (Å²) in [4.78, 5) is 15.1. The molecule has 1 heterocycles. The highest BCUT2D eigenvalue weighted by Gasteiger charge is 2.29. The van der Waals surface area contributed by atoms with E-state index in [0.717, 1.165) is 54.0 Å². The summed E-state index contributed by atoms with van der Waals surface area (Å²) in [6.07, 6.45) is 4.67. The van der Waals surface area contributed by atoms with Crippen molar-refractivity contribution in [2.24, 2.45) is 0 Å². The van der Waals surface area contributed by atoms with Gasteiger partial charge in [-0.3, -0.25) is 14.0 Å². The van der Waals surface area contributed by atoms with E-state index in [2.05, 4.69) is 10.2 Å². The number of nitrogens with zero attached hydrogens (tertiary/aromatic N) is 2. The van der Waals surface area contributed by atoms with Crippen LogP contribution in [0.5, 0.6) is 0 Å². The van der Waals surface area contributed by atoms with Crippen LogP contribution in [0.4, 0.5) is 14.5 Å². The second-order valence-electron chi connectivity index (χ2n) is 8.20. The first-order valence-electron chi connectivity index (χ1n) is 10.7. The van der Waals surface area contributed by atoms with Crippen LogP contribution in [0.1, 0.15) is 37.3 Å². The molecule has 0 aromatic heterocycles. The Morgan fingerprint density at radius 3 is 2.25 bits per heavy atom. The van der Waals surface area contributed by atoms with Gasteiger partial charge in [-0.05, 0) is 56.1 Å². The fourth-order valence-corrected chi connectivity index (χ4v) is 5.07. The van der Waals surface area contributed by atoms with Crippen LogP contribution < -0.4 is 9.62 Å². The molecular formula is C23H29F2N3O3S. The van der Waals surface area contributed by atoms with Crippen molar-refractivity contribution >= 4 is 21.6 Å². The molecule has 0 unspecified atom stereocenters. The molecule has 2 aromatic rings. The number of likely N-dealkylation sites (tertiary alicyclic amines) is 1. The van der Waals surface area contributed by atoms with Gasteiger partial charge in [0.1, 0.15) is 6.04 Å². The monoisotopic (exact) mass is 465 g/mol. The molecule has 1 aliphatic rings. The molecule has 1 atom stereocenters. The van der Waals surface area contributed by atoms with Crippen molar-refractivity contribution in [1.29, 1.82) is 0 Å². The lowest BCUT2D eigenvalue weighted by Gasteiger charge is -2.28. The lowest BCUT2D eigenvalue weighted by Crippen LogP contribution is -2.47. The van der Waals surface area contributed by atoms with E-state index in [1.807, 2.05) is 24.3 Å². The molecule has 0 aliphatic carbocycles. The minimum Gasteiger partial charge on any atom is -0.350 e. The molecule has 3 rings (SSSR count). The Morgan fingerprint density at radius 1 is 1.03 bits per heavy atom. The second kappa shape index (κ2) is 10.4. The van der Waals surface area contributed by atoms with Crippen LogP contribution in [0.25, 0.3) is 0 Å². The highest BCUT2D eigenvalue weighted by atomic mass is 32.2. The van der Waals surface area contributed by atoms with Gasteiger partial charge in [0, 0.05) is 19.2 Å². The zero-order valence-electron chi connectivity index (χ0n) is 18.4. The maximum Gasteiger partial charge on any atom is 0.243 e. The number of nitrogens with one attached hydrogen (secondary N) is 1. The topological polar surface area (TPSA) is 69.7 Å². The first kappa shape index (κ1) is 24.1. The van der Waals surface area contributed by atoms with Gasteiger partial charge in [-0.1, -0.05) is 30.7 Å². The lowest BCUT2D eigenvalue weighted by molar-refractivity contribution is -0.122. The number of hydrogen-bond acceptors (Lipinski definition) is 4. The fraction of sp³-hybridized carbons (Fsp3) is 0.435. The van der Waals surface area contributed by atoms with Gasteiger partial charge in [0.25, 0.3) is 0 Å². The van der Waals surface area contributed by atoms with Crippen molar-refractivity contribution in [1.82, 2.24) is 10.2 Å². The molecule has 0 spiro atoms. The highest BCUT2D eigenvalue weighted by Crippen LogP contribution is 2.23. The number of piperidine rings is 1. The number of anilines is 1. The molecule has 32 heavy (non-hydrogen) atoms. The number of benzene rings is 2. The standard InChI is InChI=1S/C23H29F2N3O3S/c1-17(28(32(2,30)31)20-10-11-21(24)22(25)14-20)23(29)26-15-18-6-8-19(9-7-18)16-27-12-4-3-5-13-27/h6-11,14,17H,3-5,12-13,15-16H2,1-2H3,(H,26,29)/t17-/m0/s1. The SMILES string of the molecule is C[C@@H](C(=O)NCc1ccc(CN2CCCCC2)cc1)N(c1ccc(F)c(F)c1)S(C)(=O)=O. The van der Waals surface area contributed by atoms with Crippen LogP contribution in [-0.2, 0) is 27.9 Å². The Hall–Kier alpha value is -2.52. The maximum absolute atomic E-state index is 13.6. The summed E-state index contributed by atoms with van der Waals surface area (Å²) in [7, 11) is -3.92. The number of halogens is 2. The molecule has 0 saturated carbocycles. The summed E-state index contributed by atoms with van der Waals surface area (Å²) in [5, 5.41) is 2.72. The van der Waals surface area contributed by atoms with Gasteiger partial charge in [-0.2, -0.15) is 0 Å². The van der Waals surface area contributed by atoms with Crippen molar-refractivity contribution in [3.8, 4) is 0 Å². The molecule has 0 radical (unpaired) electrons. The minimum atomic E-state index is -3.92. The van der Waals surface area contributed by atoms with Crippen LogP contribution in [0.3, 0.4) is 0 Å². The van der Waals surface area contributed by atoms with Gasteiger partial charge in [0.15, 0.2) is 11.6 Å². The molecule has 1 amide bonds. The van der Waals surface area contributed by atoms with Crippen LogP contribution in [0, 0.1) is 11.6 Å². The number of carbonyl (C=O) groups is 1. The van der Waals surface area contributed by atoms with E-state index < -0.39 is 33.6 Å². The van der Waals surface area contributed by atoms with Gasteiger partial charge in [-0.25, -0.2) is 17.2 Å². The zero-order valence-corrected chi connectivity index (χ0v) is 19.2. The number of sulfonamides is 1. The molecule has 1 fully saturated rings. The van der Waals surface area contributed by atoms with E-state index in [4.69, 9.17) is 0 Å². The molecular weight excluding hydrogens is 436 g/mol. The van der Waals surface area contributed by atoms with Gasteiger partial charge in [0.05, 0.1) is 11.9 Å². The Balaban J connectivity index is 1.62.